The van der Waals surface area contributed by atoms with E-state index in [1.54, 1.807) is 6.08 Å². The Bertz CT molecular complexity index is 438. The van der Waals surface area contributed by atoms with Crippen molar-refractivity contribution in [3.63, 3.8) is 0 Å². The topological polar surface area (TPSA) is 49.8 Å². The molecule has 110 valence electrons. The van der Waals surface area contributed by atoms with Crippen LogP contribution in [0.5, 0.6) is 5.75 Å². The van der Waals surface area contributed by atoms with Gasteiger partial charge in [0.25, 0.3) is 0 Å². The van der Waals surface area contributed by atoms with Gasteiger partial charge in [-0.15, -0.1) is 0 Å². The van der Waals surface area contributed by atoms with E-state index >= 15 is 0 Å². The summed E-state index contributed by atoms with van der Waals surface area (Å²) in [7, 11) is 2.09. The molecule has 0 aliphatic heterocycles. The molecule has 0 saturated carbocycles. The summed E-state index contributed by atoms with van der Waals surface area (Å²) in [5, 5.41) is 8.54. The quantitative estimate of drug-likeness (QED) is 0.742. The average molecular weight is 277 g/mol. The van der Waals surface area contributed by atoms with E-state index in [9.17, 15) is 4.79 Å². The van der Waals surface area contributed by atoms with Crippen LogP contribution < -0.4 is 4.74 Å². The molecule has 1 aromatic rings. The molecule has 0 heterocycles. The van der Waals surface area contributed by atoms with Crippen LogP contribution >= 0.6 is 0 Å². The van der Waals surface area contributed by atoms with Gasteiger partial charge in [0.05, 0.1) is 0 Å². The van der Waals surface area contributed by atoms with E-state index in [0.29, 0.717) is 12.5 Å². The predicted molar refractivity (Wildman–Crippen MR) is 80.9 cm³/mol. The number of benzene rings is 1. The van der Waals surface area contributed by atoms with Gasteiger partial charge in [0.1, 0.15) is 12.4 Å². The Morgan fingerprint density at radius 3 is 2.55 bits per heavy atom. The molecule has 1 N–H and O–H groups in total. The lowest BCUT2D eigenvalue weighted by molar-refractivity contribution is -0.131. The highest BCUT2D eigenvalue weighted by atomic mass is 16.5. The minimum absolute atomic E-state index is 0.646. The highest BCUT2D eigenvalue weighted by Gasteiger charge is 2.01. The zero-order valence-corrected chi connectivity index (χ0v) is 12.4. The van der Waals surface area contributed by atoms with Crippen molar-refractivity contribution in [1.29, 1.82) is 0 Å². The SMILES string of the molecule is CC(C)CN(C)CCOc1ccc(C=CC(=O)O)cc1. The highest BCUT2D eigenvalue weighted by Crippen LogP contribution is 2.13. The number of rotatable bonds is 8. The van der Waals surface area contributed by atoms with Crippen molar-refractivity contribution in [2.45, 2.75) is 13.8 Å². The Kier molecular flexibility index (Phi) is 6.81. The average Bonchev–Trinajstić information content (AvgIpc) is 2.37. The third-order valence-electron chi connectivity index (χ3n) is 2.72. The first kappa shape index (κ1) is 16.2. The van der Waals surface area contributed by atoms with E-state index in [4.69, 9.17) is 9.84 Å². The van der Waals surface area contributed by atoms with Gasteiger partial charge in [0.15, 0.2) is 0 Å². The molecular formula is C16H23NO3. The van der Waals surface area contributed by atoms with Gasteiger partial charge < -0.3 is 14.7 Å². The molecule has 0 saturated heterocycles. The summed E-state index contributed by atoms with van der Waals surface area (Å²) < 4.78 is 5.66. The number of carboxylic acids is 1. The Balaban J connectivity index is 2.36. The zero-order chi connectivity index (χ0) is 15.0. The fraction of sp³-hybridized carbons (Fsp3) is 0.438. The monoisotopic (exact) mass is 277 g/mol. The summed E-state index contributed by atoms with van der Waals surface area (Å²) in [5.41, 5.74) is 0.844. The van der Waals surface area contributed by atoms with Gasteiger partial charge in [-0.2, -0.15) is 0 Å². The van der Waals surface area contributed by atoms with Crippen LogP contribution in [0, 0.1) is 5.92 Å². The van der Waals surface area contributed by atoms with E-state index in [1.165, 1.54) is 0 Å². The number of hydrogen-bond acceptors (Lipinski definition) is 3. The summed E-state index contributed by atoms with van der Waals surface area (Å²) in [6.45, 7) is 6.98. The van der Waals surface area contributed by atoms with Crippen LogP contribution in [0.4, 0.5) is 0 Å². The lowest BCUT2D eigenvalue weighted by Gasteiger charge is -2.18. The molecule has 20 heavy (non-hydrogen) atoms. The van der Waals surface area contributed by atoms with E-state index in [1.807, 2.05) is 24.3 Å². The van der Waals surface area contributed by atoms with Crippen LogP contribution in [0.1, 0.15) is 19.4 Å². The van der Waals surface area contributed by atoms with Crippen molar-refractivity contribution in [2.75, 3.05) is 26.7 Å². The molecule has 0 aromatic heterocycles. The van der Waals surface area contributed by atoms with Crippen LogP contribution in [0.2, 0.25) is 0 Å². The number of hydrogen-bond donors (Lipinski definition) is 1. The summed E-state index contributed by atoms with van der Waals surface area (Å²) in [6, 6.07) is 7.38. The lowest BCUT2D eigenvalue weighted by Crippen LogP contribution is -2.27. The number of aliphatic carboxylic acids is 1. The largest absolute Gasteiger partial charge is 0.492 e. The van der Waals surface area contributed by atoms with Gasteiger partial charge in [0.2, 0.25) is 0 Å². The van der Waals surface area contributed by atoms with Crippen molar-refractivity contribution in [3.8, 4) is 5.75 Å². The Labute approximate surface area is 120 Å². The maximum Gasteiger partial charge on any atom is 0.328 e. The molecule has 0 radical (unpaired) electrons. The molecule has 0 atom stereocenters. The summed E-state index contributed by atoms with van der Waals surface area (Å²) in [5.74, 6) is 0.509. The van der Waals surface area contributed by atoms with Crippen LogP contribution in [0.3, 0.4) is 0 Å². The Morgan fingerprint density at radius 1 is 1.35 bits per heavy atom. The van der Waals surface area contributed by atoms with Gasteiger partial charge in [-0.3, -0.25) is 0 Å². The zero-order valence-electron chi connectivity index (χ0n) is 12.4. The second-order valence-corrected chi connectivity index (χ2v) is 5.25. The number of nitrogens with zero attached hydrogens (tertiary/aromatic N) is 1. The van der Waals surface area contributed by atoms with Gasteiger partial charge in [-0.1, -0.05) is 26.0 Å². The second kappa shape index (κ2) is 8.38. The summed E-state index contributed by atoms with van der Waals surface area (Å²) >= 11 is 0. The maximum absolute atomic E-state index is 10.4. The number of carbonyl (C=O) groups is 1. The first-order valence-electron chi connectivity index (χ1n) is 6.80. The standard InChI is InChI=1S/C16H23NO3/c1-13(2)12-17(3)10-11-20-15-7-4-14(5-8-15)6-9-16(18)19/h4-9,13H,10-12H2,1-3H3,(H,18,19). The van der Waals surface area contributed by atoms with Crippen molar-refractivity contribution in [3.05, 3.63) is 35.9 Å². The fourth-order valence-corrected chi connectivity index (χ4v) is 1.88. The van der Waals surface area contributed by atoms with Gasteiger partial charge in [0, 0.05) is 19.2 Å². The van der Waals surface area contributed by atoms with Crippen LogP contribution in [0.25, 0.3) is 6.08 Å². The minimum Gasteiger partial charge on any atom is -0.492 e. The summed E-state index contributed by atoms with van der Waals surface area (Å²) in [6.07, 6.45) is 2.68. The third-order valence-corrected chi connectivity index (χ3v) is 2.72. The first-order valence-corrected chi connectivity index (χ1v) is 6.80. The second-order valence-electron chi connectivity index (χ2n) is 5.25. The molecule has 0 amide bonds. The molecule has 0 aliphatic rings. The summed E-state index contributed by atoms with van der Waals surface area (Å²) in [4.78, 5) is 12.6. The van der Waals surface area contributed by atoms with Crippen LogP contribution in [0.15, 0.2) is 30.3 Å². The van der Waals surface area contributed by atoms with Gasteiger partial charge in [-0.05, 0) is 36.7 Å². The molecule has 0 fully saturated rings. The number of ether oxygens (including phenoxy) is 1. The van der Waals surface area contributed by atoms with Crippen LogP contribution in [-0.2, 0) is 4.79 Å². The van der Waals surface area contributed by atoms with Gasteiger partial charge >= 0.3 is 5.97 Å². The van der Waals surface area contributed by atoms with Crippen molar-refractivity contribution >= 4 is 12.0 Å². The lowest BCUT2D eigenvalue weighted by atomic mass is 10.2. The first-order chi connectivity index (χ1) is 9.47. The molecule has 4 nitrogen and oxygen atoms in total. The van der Waals surface area contributed by atoms with Crippen molar-refractivity contribution in [2.24, 2.45) is 5.92 Å². The van der Waals surface area contributed by atoms with Crippen molar-refractivity contribution < 1.29 is 14.6 Å². The van der Waals surface area contributed by atoms with Crippen LogP contribution in [-0.4, -0.2) is 42.7 Å². The molecular weight excluding hydrogens is 254 g/mol. The fourth-order valence-electron chi connectivity index (χ4n) is 1.88. The maximum atomic E-state index is 10.4. The number of likely N-dealkylation sites (N-methyl/N-ethyl adjacent to an activating group) is 1. The van der Waals surface area contributed by atoms with Gasteiger partial charge in [-0.25, -0.2) is 4.79 Å². The third kappa shape index (κ3) is 6.95. The van der Waals surface area contributed by atoms with E-state index in [2.05, 4.69) is 25.8 Å². The van der Waals surface area contributed by atoms with E-state index in [0.717, 1.165) is 30.5 Å². The number of carboxylic acid groups (broad SMARTS) is 1. The predicted octanol–water partition coefficient (Wildman–Crippen LogP) is 2.75. The Morgan fingerprint density at radius 2 is 2.00 bits per heavy atom. The molecule has 0 spiro atoms. The molecule has 1 rings (SSSR count). The Hall–Kier alpha value is -1.81. The smallest absolute Gasteiger partial charge is 0.328 e. The molecule has 1 aromatic carbocycles. The molecule has 4 heteroatoms. The normalized spacial score (nSPS) is 11.4. The van der Waals surface area contributed by atoms with E-state index < -0.39 is 5.97 Å². The molecule has 0 bridgehead atoms. The van der Waals surface area contributed by atoms with E-state index in [-0.39, 0.29) is 0 Å². The highest BCUT2D eigenvalue weighted by molar-refractivity contribution is 5.85. The molecule has 0 unspecified atom stereocenters. The minimum atomic E-state index is -0.946. The molecule has 0 aliphatic carbocycles. The van der Waals surface area contributed by atoms with Crippen molar-refractivity contribution in [1.82, 2.24) is 4.90 Å².